The highest BCUT2D eigenvalue weighted by Gasteiger charge is 2.19. The first-order chi connectivity index (χ1) is 8.99. The molecule has 20 heavy (non-hydrogen) atoms. The van der Waals surface area contributed by atoms with Gasteiger partial charge in [0.05, 0.1) is 10.9 Å². The highest BCUT2D eigenvalue weighted by Crippen LogP contribution is 2.17. The van der Waals surface area contributed by atoms with Crippen LogP contribution in [0.5, 0.6) is 0 Å². The van der Waals surface area contributed by atoms with Crippen molar-refractivity contribution in [3.05, 3.63) is 29.8 Å². The van der Waals surface area contributed by atoms with Crippen LogP contribution >= 0.6 is 0 Å². The molecule has 0 fully saturated rings. The van der Waals surface area contributed by atoms with E-state index in [0.717, 1.165) is 0 Å². The molecule has 0 aliphatic carbocycles. The number of amides is 1. The minimum atomic E-state index is -3.76. The zero-order valence-corrected chi connectivity index (χ0v) is 12.8. The summed E-state index contributed by atoms with van der Waals surface area (Å²) in [5.41, 5.74) is 0.0362. The Labute approximate surface area is 119 Å². The maximum absolute atomic E-state index is 11.6. The molecule has 0 radical (unpaired) electrons. The molecule has 0 saturated carbocycles. The van der Waals surface area contributed by atoms with Crippen molar-refractivity contribution >= 4 is 16.1 Å². The largest absolute Gasteiger partial charge is 0.444 e. The van der Waals surface area contributed by atoms with E-state index in [0.29, 0.717) is 5.56 Å². The van der Waals surface area contributed by atoms with Crippen LogP contribution in [-0.4, -0.2) is 20.1 Å². The SMILES string of the molecule is CC(NC(=O)OC(C)(C)C)c1cccc(S(N)(=O)=O)c1. The van der Waals surface area contributed by atoms with Gasteiger partial charge in [0.2, 0.25) is 10.0 Å². The normalized spacial score (nSPS) is 13.7. The van der Waals surface area contributed by atoms with Gasteiger partial charge in [0.25, 0.3) is 0 Å². The summed E-state index contributed by atoms with van der Waals surface area (Å²) in [5.74, 6) is 0. The third-order valence-electron chi connectivity index (χ3n) is 2.42. The third kappa shape index (κ3) is 5.18. The molecule has 0 aliphatic rings. The maximum atomic E-state index is 11.6. The molecule has 0 aliphatic heterocycles. The molecule has 0 aromatic heterocycles. The fraction of sp³-hybridized carbons (Fsp3) is 0.462. The Morgan fingerprint density at radius 1 is 1.35 bits per heavy atom. The lowest BCUT2D eigenvalue weighted by atomic mass is 10.1. The van der Waals surface area contributed by atoms with Gasteiger partial charge in [-0.3, -0.25) is 0 Å². The van der Waals surface area contributed by atoms with Crippen LogP contribution in [0, 0.1) is 0 Å². The summed E-state index contributed by atoms with van der Waals surface area (Å²) in [7, 11) is -3.76. The van der Waals surface area contributed by atoms with Crippen molar-refractivity contribution in [2.75, 3.05) is 0 Å². The van der Waals surface area contributed by atoms with Gasteiger partial charge in [-0.15, -0.1) is 0 Å². The summed E-state index contributed by atoms with van der Waals surface area (Å²) in [5, 5.41) is 7.71. The van der Waals surface area contributed by atoms with Crippen LogP contribution in [0.25, 0.3) is 0 Å². The van der Waals surface area contributed by atoms with E-state index in [2.05, 4.69) is 5.32 Å². The number of nitrogens with one attached hydrogen (secondary N) is 1. The summed E-state index contributed by atoms with van der Waals surface area (Å²) in [6, 6.07) is 5.71. The highest BCUT2D eigenvalue weighted by molar-refractivity contribution is 7.89. The van der Waals surface area contributed by atoms with Gasteiger partial charge in [-0.2, -0.15) is 0 Å². The number of sulfonamides is 1. The number of carbonyl (C=O) groups excluding carboxylic acids is 1. The average Bonchev–Trinajstić information content (AvgIpc) is 2.25. The van der Waals surface area contributed by atoms with Crippen molar-refractivity contribution in [1.29, 1.82) is 0 Å². The van der Waals surface area contributed by atoms with Gasteiger partial charge in [-0.05, 0) is 45.4 Å². The van der Waals surface area contributed by atoms with Crippen molar-refractivity contribution in [3.8, 4) is 0 Å². The zero-order chi connectivity index (χ0) is 15.6. The van der Waals surface area contributed by atoms with E-state index in [-0.39, 0.29) is 4.90 Å². The van der Waals surface area contributed by atoms with Crippen LogP contribution in [-0.2, 0) is 14.8 Å². The van der Waals surface area contributed by atoms with E-state index in [9.17, 15) is 13.2 Å². The van der Waals surface area contributed by atoms with Gasteiger partial charge in [0.1, 0.15) is 5.60 Å². The number of primary sulfonamides is 1. The molecule has 1 unspecified atom stereocenters. The van der Waals surface area contributed by atoms with Crippen molar-refractivity contribution < 1.29 is 17.9 Å². The number of rotatable bonds is 3. The monoisotopic (exact) mass is 300 g/mol. The van der Waals surface area contributed by atoms with Gasteiger partial charge in [-0.25, -0.2) is 18.4 Å². The number of alkyl carbamates (subject to hydrolysis) is 1. The Morgan fingerprint density at radius 2 is 1.95 bits per heavy atom. The molecule has 0 heterocycles. The van der Waals surface area contributed by atoms with Gasteiger partial charge in [0.15, 0.2) is 0 Å². The summed E-state index contributed by atoms with van der Waals surface area (Å²) in [6.45, 7) is 7.02. The average molecular weight is 300 g/mol. The molecule has 1 atom stereocenters. The molecule has 112 valence electrons. The molecule has 7 heteroatoms. The first-order valence-corrected chi connectivity index (χ1v) is 7.66. The van der Waals surface area contributed by atoms with Crippen LogP contribution in [0.2, 0.25) is 0 Å². The van der Waals surface area contributed by atoms with Crippen LogP contribution in [0.4, 0.5) is 4.79 Å². The zero-order valence-electron chi connectivity index (χ0n) is 12.0. The van der Waals surface area contributed by atoms with E-state index < -0.39 is 27.8 Å². The Kier molecular flexibility index (Phi) is 4.77. The van der Waals surface area contributed by atoms with Gasteiger partial charge in [-0.1, -0.05) is 12.1 Å². The smallest absolute Gasteiger partial charge is 0.408 e. The van der Waals surface area contributed by atoms with E-state index in [4.69, 9.17) is 9.88 Å². The van der Waals surface area contributed by atoms with Crippen molar-refractivity contribution in [2.24, 2.45) is 5.14 Å². The van der Waals surface area contributed by atoms with Crippen molar-refractivity contribution in [1.82, 2.24) is 5.32 Å². The highest BCUT2D eigenvalue weighted by atomic mass is 32.2. The van der Waals surface area contributed by atoms with E-state index in [1.54, 1.807) is 39.8 Å². The summed E-state index contributed by atoms with van der Waals surface area (Å²) in [4.78, 5) is 11.7. The lowest BCUT2D eigenvalue weighted by molar-refractivity contribution is 0.0508. The second-order valence-corrected chi connectivity index (χ2v) is 7.05. The second kappa shape index (κ2) is 5.80. The van der Waals surface area contributed by atoms with Gasteiger partial charge < -0.3 is 10.1 Å². The Bertz CT molecular complexity index is 591. The fourth-order valence-corrected chi connectivity index (χ4v) is 2.10. The number of nitrogens with two attached hydrogens (primary N) is 1. The molecule has 0 bridgehead atoms. The Balaban J connectivity index is 2.83. The fourth-order valence-electron chi connectivity index (χ4n) is 1.53. The standard InChI is InChI=1S/C13H20N2O4S/c1-9(15-12(16)19-13(2,3)4)10-6-5-7-11(8-10)20(14,17)18/h5-9H,1-4H3,(H,15,16)(H2,14,17,18). The lowest BCUT2D eigenvalue weighted by Crippen LogP contribution is -2.34. The maximum Gasteiger partial charge on any atom is 0.408 e. The van der Waals surface area contributed by atoms with Crippen LogP contribution in [0.15, 0.2) is 29.2 Å². The van der Waals surface area contributed by atoms with Crippen LogP contribution in [0.3, 0.4) is 0 Å². The first kappa shape index (κ1) is 16.5. The molecule has 1 aromatic rings. The molecule has 1 amide bonds. The Hall–Kier alpha value is -1.60. The molecule has 3 N–H and O–H groups in total. The third-order valence-corrected chi connectivity index (χ3v) is 3.33. The topological polar surface area (TPSA) is 98.5 Å². The van der Waals surface area contributed by atoms with Crippen molar-refractivity contribution in [2.45, 2.75) is 44.2 Å². The number of hydrogen-bond donors (Lipinski definition) is 2. The lowest BCUT2D eigenvalue weighted by Gasteiger charge is -2.22. The summed E-state index contributed by atoms with van der Waals surface area (Å²) >= 11 is 0. The number of ether oxygens (including phenoxy) is 1. The number of carbonyl (C=O) groups is 1. The second-order valence-electron chi connectivity index (χ2n) is 5.49. The van der Waals surface area contributed by atoms with Crippen LogP contribution in [0.1, 0.15) is 39.3 Å². The molecule has 1 rings (SSSR count). The molecular formula is C13H20N2O4S. The molecule has 1 aromatic carbocycles. The predicted molar refractivity (Wildman–Crippen MR) is 75.6 cm³/mol. The summed E-state index contributed by atoms with van der Waals surface area (Å²) < 4.78 is 27.7. The van der Waals surface area contributed by atoms with E-state index in [1.807, 2.05) is 0 Å². The number of hydrogen-bond acceptors (Lipinski definition) is 4. The molecule has 0 saturated heterocycles. The minimum Gasteiger partial charge on any atom is -0.444 e. The molecular weight excluding hydrogens is 280 g/mol. The van der Waals surface area contributed by atoms with E-state index in [1.165, 1.54) is 12.1 Å². The van der Waals surface area contributed by atoms with Gasteiger partial charge in [0, 0.05) is 0 Å². The number of benzene rings is 1. The quantitative estimate of drug-likeness (QED) is 0.890. The summed E-state index contributed by atoms with van der Waals surface area (Å²) in [6.07, 6.45) is -0.564. The van der Waals surface area contributed by atoms with Crippen molar-refractivity contribution in [3.63, 3.8) is 0 Å². The van der Waals surface area contributed by atoms with Crippen LogP contribution < -0.4 is 10.5 Å². The molecule has 0 spiro atoms. The van der Waals surface area contributed by atoms with Gasteiger partial charge >= 0.3 is 6.09 Å². The Morgan fingerprint density at radius 3 is 2.45 bits per heavy atom. The predicted octanol–water partition coefficient (Wildman–Crippen LogP) is 1.92. The molecule has 6 nitrogen and oxygen atoms in total. The first-order valence-electron chi connectivity index (χ1n) is 6.11. The minimum absolute atomic E-state index is 0.00726. The van der Waals surface area contributed by atoms with E-state index >= 15 is 0 Å².